The number of nitrogens with one attached hydrogen (secondary N) is 1. The summed E-state index contributed by atoms with van der Waals surface area (Å²) in [4.78, 5) is 12.0. The molecule has 0 radical (unpaired) electrons. The van der Waals surface area contributed by atoms with Gasteiger partial charge in [0.25, 0.3) is 0 Å². The lowest BCUT2D eigenvalue weighted by molar-refractivity contribution is -0.116. The number of aromatic nitrogens is 2. The molecule has 0 aliphatic carbocycles. The Balaban J connectivity index is 1.54. The summed E-state index contributed by atoms with van der Waals surface area (Å²) < 4.78 is 10.9. The van der Waals surface area contributed by atoms with E-state index in [1.54, 1.807) is 13.0 Å². The van der Waals surface area contributed by atoms with Gasteiger partial charge in [-0.25, -0.2) is 0 Å². The largest absolute Gasteiger partial charge is 0.493 e. The van der Waals surface area contributed by atoms with Crippen LogP contribution >= 0.6 is 0 Å². The van der Waals surface area contributed by atoms with Gasteiger partial charge in [0.2, 0.25) is 17.7 Å². The zero-order chi connectivity index (χ0) is 16.8. The maximum absolute atomic E-state index is 12.0. The standard InChI is InChI=1S/C18H17N3O3/c1-13-20-21-18(24-13)14-6-5-7-15(12-14)19-17(22)10-11-23-16-8-3-2-4-9-16/h2-9,12H,10-11H2,1H3,(H,19,22). The first kappa shape index (κ1) is 15.7. The Morgan fingerprint density at radius 1 is 1.12 bits per heavy atom. The van der Waals surface area contributed by atoms with Crippen LogP contribution in [0.3, 0.4) is 0 Å². The van der Waals surface area contributed by atoms with Gasteiger partial charge in [0.05, 0.1) is 13.0 Å². The second kappa shape index (κ2) is 7.41. The van der Waals surface area contributed by atoms with E-state index < -0.39 is 0 Å². The van der Waals surface area contributed by atoms with E-state index in [0.717, 1.165) is 11.3 Å². The van der Waals surface area contributed by atoms with Crippen molar-refractivity contribution in [2.75, 3.05) is 11.9 Å². The third kappa shape index (κ3) is 4.19. The molecule has 0 saturated carbocycles. The minimum atomic E-state index is -0.121. The number of hydrogen-bond acceptors (Lipinski definition) is 5. The van der Waals surface area contributed by atoms with E-state index in [0.29, 0.717) is 24.1 Å². The van der Waals surface area contributed by atoms with Gasteiger partial charge in [-0.3, -0.25) is 4.79 Å². The number of benzene rings is 2. The molecule has 24 heavy (non-hydrogen) atoms. The van der Waals surface area contributed by atoms with E-state index in [2.05, 4.69) is 15.5 Å². The Hall–Kier alpha value is -3.15. The highest BCUT2D eigenvalue weighted by Gasteiger charge is 2.08. The van der Waals surface area contributed by atoms with Gasteiger partial charge < -0.3 is 14.5 Å². The minimum absolute atomic E-state index is 0.121. The summed E-state index contributed by atoms with van der Waals surface area (Å²) in [7, 11) is 0. The van der Waals surface area contributed by atoms with Crippen molar-refractivity contribution in [2.45, 2.75) is 13.3 Å². The topological polar surface area (TPSA) is 77.2 Å². The van der Waals surface area contributed by atoms with Gasteiger partial charge in [-0.05, 0) is 30.3 Å². The summed E-state index contributed by atoms with van der Waals surface area (Å²) in [6.45, 7) is 2.05. The quantitative estimate of drug-likeness (QED) is 0.752. The van der Waals surface area contributed by atoms with Crippen molar-refractivity contribution in [1.82, 2.24) is 10.2 Å². The smallest absolute Gasteiger partial charge is 0.247 e. The Morgan fingerprint density at radius 3 is 2.71 bits per heavy atom. The molecule has 6 nitrogen and oxygen atoms in total. The van der Waals surface area contributed by atoms with Crippen LogP contribution in [0.15, 0.2) is 59.0 Å². The van der Waals surface area contributed by atoms with Crippen LogP contribution in [0, 0.1) is 6.92 Å². The number of nitrogens with zero attached hydrogens (tertiary/aromatic N) is 2. The molecule has 0 saturated heterocycles. The van der Waals surface area contributed by atoms with Gasteiger partial charge in [-0.2, -0.15) is 0 Å². The van der Waals surface area contributed by atoms with Crippen molar-refractivity contribution >= 4 is 11.6 Å². The number of carbonyl (C=O) groups excluding carboxylic acids is 1. The van der Waals surface area contributed by atoms with Crippen molar-refractivity contribution in [1.29, 1.82) is 0 Å². The fourth-order valence-corrected chi connectivity index (χ4v) is 2.14. The Bertz CT molecular complexity index is 815. The zero-order valence-corrected chi connectivity index (χ0v) is 13.2. The van der Waals surface area contributed by atoms with E-state index in [1.807, 2.05) is 48.5 Å². The van der Waals surface area contributed by atoms with Crippen molar-refractivity contribution in [3.05, 3.63) is 60.5 Å². The molecule has 1 N–H and O–H groups in total. The average molecular weight is 323 g/mol. The fourth-order valence-electron chi connectivity index (χ4n) is 2.14. The number of amides is 1. The van der Waals surface area contributed by atoms with Crippen LogP contribution in [-0.2, 0) is 4.79 Å². The molecule has 0 aliphatic rings. The third-order valence-electron chi connectivity index (χ3n) is 3.26. The first-order valence-electron chi connectivity index (χ1n) is 7.59. The van der Waals surface area contributed by atoms with Gasteiger partial charge in [0.1, 0.15) is 5.75 Å². The highest BCUT2D eigenvalue weighted by molar-refractivity contribution is 5.91. The van der Waals surface area contributed by atoms with Crippen LogP contribution < -0.4 is 10.1 Å². The van der Waals surface area contributed by atoms with E-state index in [9.17, 15) is 4.79 Å². The molecule has 3 rings (SSSR count). The van der Waals surface area contributed by atoms with Gasteiger partial charge in [0.15, 0.2) is 0 Å². The summed E-state index contributed by atoms with van der Waals surface area (Å²) in [6, 6.07) is 16.7. The number of aryl methyl sites for hydroxylation is 1. The summed E-state index contributed by atoms with van der Waals surface area (Å²) in [6.07, 6.45) is 0.263. The molecule has 0 bridgehead atoms. The first-order chi connectivity index (χ1) is 11.7. The number of para-hydroxylation sites is 1. The zero-order valence-electron chi connectivity index (χ0n) is 13.2. The summed E-state index contributed by atoms with van der Waals surface area (Å²) in [5.74, 6) is 1.55. The number of ether oxygens (including phenoxy) is 1. The first-order valence-corrected chi connectivity index (χ1v) is 7.59. The predicted octanol–water partition coefficient (Wildman–Crippen LogP) is 3.45. The van der Waals surface area contributed by atoms with Crippen LogP contribution in [0.5, 0.6) is 5.75 Å². The summed E-state index contributed by atoms with van der Waals surface area (Å²) in [5.41, 5.74) is 1.43. The Morgan fingerprint density at radius 2 is 1.96 bits per heavy atom. The Kier molecular flexibility index (Phi) is 4.86. The molecule has 0 aliphatic heterocycles. The molecule has 1 amide bonds. The average Bonchev–Trinajstić information content (AvgIpc) is 3.03. The monoisotopic (exact) mass is 323 g/mol. The number of carbonyl (C=O) groups is 1. The van der Waals surface area contributed by atoms with Crippen molar-refractivity contribution in [2.24, 2.45) is 0 Å². The van der Waals surface area contributed by atoms with Gasteiger partial charge in [0, 0.05) is 18.2 Å². The Labute approximate surface area is 139 Å². The van der Waals surface area contributed by atoms with Crippen molar-refractivity contribution in [3.8, 4) is 17.2 Å². The highest BCUT2D eigenvalue weighted by atomic mass is 16.5. The predicted molar refractivity (Wildman–Crippen MR) is 89.7 cm³/mol. The molecule has 0 atom stereocenters. The lowest BCUT2D eigenvalue weighted by Crippen LogP contribution is -2.15. The van der Waals surface area contributed by atoms with E-state index in [-0.39, 0.29) is 12.3 Å². The van der Waals surface area contributed by atoms with Crippen LogP contribution in [0.4, 0.5) is 5.69 Å². The minimum Gasteiger partial charge on any atom is -0.493 e. The molecule has 3 aromatic rings. The second-order valence-electron chi connectivity index (χ2n) is 5.17. The lowest BCUT2D eigenvalue weighted by Gasteiger charge is -2.08. The van der Waals surface area contributed by atoms with Crippen molar-refractivity contribution in [3.63, 3.8) is 0 Å². The molecule has 1 heterocycles. The van der Waals surface area contributed by atoms with Crippen LogP contribution in [-0.4, -0.2) is 22.7 Å². The molecular weight excluding hydrogens is 306 g/mol. The molecule has 1 aromatic heterocycles. The lowest BCUT2D eigenvalue weighted by atomic mass is 10.2. The SMILES string of the molecule is Cc1nnc(-c2cccc(NC(=O)CCOc3ccccc3)c2)o1. The second-order valence-corrected chi connectivity index (χ2v) is 5.17. The van der Waals surface area contributed by atoms with E-state index in [1.165, 1.54) is 0 Å². The van der Waals surface area contributed by atoms with Crippen LogP contribution in [0.2, 0.25) is 0 Å². The molecule has 0 fully saturated rings. The highest BCUT2D eigenvalue weighted by Crippen LogP contribution is 2.21. The normalized spacial score (nSPS) is 10.4. The molecule has 6 heteroatoms. The summed E-state index contributed by atoms with van der Waals surface area (Å²) >= 11 is 0. The number of anilines is 1. The van der Waals surface area contributed by atoms with E-state index >= 15 is 0 Å². The molecular formula is C18H17N3O3. The number of hydrogen-bond donors (Lipinski definition) is 1. The third-order valence-corrected chi connectivity index (χ3v) is 3.26. The van der Waals surface area contributed by atoms with Gasteiger partial charge >= 0.3 is 0 Å². The maximum atomic E-state index is 12.0. The van der Waals surface area contributed by atoms with Crippen molar-refractivity contribution < 1.29 is 13.9 Å². The van der Waals surface area contributed by atoms with E-state index in [4.69, 9.17) is 9.15 Å². The van der Waals surface area contributed by atoms with Crippen LogP contribution in [0.1, 0.15) is 12.3 Å². The van der Waals surface area contributed by atoms with Crippen LogP contribution in [0.25, 0.3) is 11.5 Å². The van der Waals surface area contributed by atoms with Gasteiger partial charge in [-0.15, -0.1) is 10.2 Å². The number of rotatable bonds is 6. The molecule has 122 valence electrons. The maximum Gasteiger partial charge on any atom is 0.247 e. The molecule has 2 aromatic carbocycles. The molecule has 0 unspecified atom stereocenters. The molecule has 0 spiro atoms. The summed E-state index contributed by atoms with van der Waals surface area (Å²) in [5, 5.41) is 10.6. The van der Waals surface area contributed by atoms with Gasteiger partial charge in [-0.1, -0.05) is 24.3 Å². The fraction of sp³-hybridized carbons (Fsp3) is 0.167.